The number of hydrogen-bond donors (Lipinski definition) is 2. The normalized spacial score (nSPS) is 14.1. The summed E-state index contributed by atoms with van der Waals surface area (Å²) in [5, 5.41) is 2.64. The predicted octanol–water partition coefficient (Wildman–Crippen LogP) is 0.970. The summed E-state index contributed by atoms with van der Waals surface area (Å²) in [7, 11) is 0. The van der Waals surface area contributed by atoms with Crippen molar-refractivity contribution < 1.29 is 18.0 Å². The van der Waals surface area contributed by atoms with Crippen LogP contribution in [0.4, 0.5) is 13.2 Å². The minimum atomic E-state index is -4.32. The molecule has 0 aromatic carbocycles. The molecule has 1 unspecified atom stereocenters. The van der Waals surface area contributed by atoms with Crippen LogP contribution in [-0.2, 0) is 4.79 Å². The molecular formula is C11H22F3N3O. The Labute approximate surface area is 106 Å². The zero-order valence-electron chi connectivity index (χ0n) is 11.0. The molecule has 0 saturated carbocycles. The van der Waals surface area contributed by atoms with Crippen molar-refractivity contribution in [3.05, 3.63) is 0 Å². The fourth-order valence-corrected chi connectivity index (χ4v) is 1.50. The quantitative estimate of drug-likeness (QED) is 0.724. The molecule has 0 aromatic heterocycles. The first-order chi connectivity index (χ1) is 8.20. The second-order valence-corrected chi connectivity index (χ2v) is 4.52. The molecule has 4 nitrogen and oxygen atoms in total. The van der Waals surface area contributed by atoms with Gasteiger partial charge in [0.2, 0.25) is 5.91 Å². The first-order valence-electron chi connectivity index (χ1n) is 5.99. The fourth-order valence-electron chi connectivity index (χ4n) is 1.50. The average molecular weight is 269 g/mol. The topological polar surface area (TPSA) is 58.4 Å². The number of rotatable bonds is 7. The molecule has 0 spiro atoms. The molecule has 0 fully saturated rings. The van der Waals surface area contributed by atoms with E-state index in [2.05, 4.69) is 5.32 Å². The third-order valence-electron chi connectivity index (χ3n) is 2.49. The maximum absolute atomic E-state index is 12.6. The highest BCUT2D eigenvalue weighted by Gasteiger charge is 2.39. The highest BCUT2D eigenvalue weighted by Crippen LogP contribution is 2.25. The van der Waals surface area contributed by atoms with Gasteiger partial charge >= 0.3 is 6.18 Å². The highest BCUT2D eigenvalue weighted by molar-refractivity contribution is 5.78. The number of hydrogen-bond acceptors (Lipinski definition) is 3. The Bertz CT molecular complexity index is 256. The summed E-state index contributed by atoms with van der Waals surface area (Å²) in [4.78, 5) is 12.9. The van der Waals surface area contributed by atoms with Gasteiger partial charge in [-0.25, -0.2) is 0 Å². The summed E-state index contributed by atoms with van der Waals surface area (Å²) >= 11 is 0. The maximum Gasteiger partial charge on any atom is 0.394 e. The molecule has 0 saturated heterocycles. The second kappa shape index (κ2) is 7.58. The molecule has 18 heavy (non-hydrogen) atoms. The molecule has 0 bridgehead atoms. The number of carbonyl (C=O) groups excluding carboxylic acids is 1. The van der Waals surface area contributed by atoms with Crippen LogP contribution in [0.3, 0.4) is 0 Å². The zero-order chi connectivity index (χ0) is 14.3. The molecule has 0 aliphatic heterocycles. The monoisotopic (exact) mass is 269 g/mol. The molecule has 0 heterocycles. The van der Waals surface area contributed by atoms with Crippen molar-refractivity contribution in [3.63, 3.8) is 0 Å². The van der Waals surface area contributed by atoms with Gasteiger partial charge in [0.15, 0.2) is 0 Å². The lowest BCUT2D eigenvalue weighted by Crippen LogP contribution is -2.45. The first-order valence-corrected chi connectivity index (χ1v) is 5.99. The molecular weight excluding hydrogens is 247 g/mol. The van der Waals surface area contributed by atoms with Crippen molar-refractivity contribution in [2.75, 3.05) is 26.2 Å². The predicted molar refractivity (Wildman–Crippen MR) is 64.0 cm³/mol. The van der Waals surface area contributed by atoms with E-state index in [1.165, 1.54) is 4.90 Å². The molecule has 0 rings (SSSR count). The minimum Gasteiger partial charge on any atom is -0.353 e. The van der Waals surface area contributed by atoms with Crippen LogP contribution < -0.4 is 11.1 Å². The van der Waals surface area contributed by atoms with E-state index in [0.717, 1.165) is 0 Å². The molecule has 7 heteroatoms. The van der Waals surface area contributed by atoms with Crippen LogP contribution in [0.1, 0.15) is 20.8 Å². The molecule has 108 valence electrons. The van der Waals surface area contributed by atoms with Gasteiger partial charge in [-0.1, -0.05) is 6.92 Å². The van der Waals surface area contributed by atoms with Crippen molar-refractivity contribution in [1.82, 2.24) is 10.2 Å². The van der Waals surface area contributed by atoms with Crippen LogP contribution in [0, 0.1) is 5.92 Å². The minimum absolute atomic E-state index is 0.0240. The van der Waals surface area contributed by atoms with Gasteiger partial charge < -0.3 is 11.1 Å². The summed E-state index contributed by atoms with van der Waals surface area (Å²) in [5.41, 5.74) is 5.13. The van der Waals surface area contributed by atoms with Crippen LogP contribution in [0.25, 0.3) is 0 Å². The maximum atomic E-state index is 12.6. The Balaban J connectivity index is 4.37. The summed E-state index contributed by atoms with van der Waals surface area (Å²) in [6.45, 7) is 4.93. The third-order valence-corrected chi connectivity index (χ3v) is 2.49. The molecule has 1 amide bonds. The SMILES string of the molecule is CCN(CC(=O)NC(C)C)CC(CN)C(F)(F)F. The Kier molecular flexibility index (Phi) is 7.23. The number of nitrogens with zero attached hydrogens (tertiary/aromatic N) is 1. The first kappa shape index (κ1) is 17.2. The number of nitrogens with one attached hydrogen (secondary N) is 1. The van der Waals surface area contributed by atoms with Crippen LogP contribution in [0.2, 0.25) is 0 Å². The van der Waals surface area contributed by atoms with E-state index in [1.54, 1.807) is 20.8 Å². The van der Waals surface area contributed by atoms with Crippen molar-refractivity contribution in [1.29, 1.82) is 0 Å². The van der Waals surface area contributed by atoms with Crippen LogP contribution in [0.5, 0.6) is 0 Å². The summed E-state index contributed by atoms with van der Waals surface area (Å²) < 4.78 is 37.7. The van der Waals surface area contributed by atoms with Gasteiger partial charge in [0, 0.05) is 19.1 Å². The lowest BCUT2D eigenvalue weighted by Gasteiger charge is -2.26. The highest BCUT2D eigenvalue weighted by atomic mass is 19.4. The number of carbonyl (C=O) groups is 1. The van der Waals surface area contributed by atoms with Gasteiger partial charge in [-0.2, -0.15) is 13.2 Å². The number of nitrogens with two attached hydrogens (primary N) is 1. The van der Waals surface area contributed by atoms with E-state index in [1.807, 2.05) is 0 Å². The third kappa shape index (κ3) is 6.80. The second-order valence-electron chi connectivity index (χ2n) is 4.52. The van der Waals surface area contributed by atoms with E-state index < -0.39 is 18.6 Å². The Morgan fingerprint density at radius 2 is 1.94 bits per heavy atom. The van der Waals surface area contributed by atoms with Crippen molar-refractivity contribution in [3.8, 4) is 0 Å². The van der Waals surface area contributed by atoms with Gasteiger partial charge in [0.05, 0.1) is 12.5 Å². The van der Waals surface area contributed by atoms with Crippen LogP contribution >= 0.6 is 0 Å². The largest absolute Gasteiger partial charge is 0.394 e. The van der Waals surface area contributed by atoms with E-state index >= 15 is 0 Å². The molecule has 0 aliphatic carbocycles. The van der Waals surface area contributed by atoms with Gasteiger partial charge in [-0.3, -0.25) is 9.69 Å². The average Bonchev–Trinajstić information content (AvgIpc) is 2.20. The van der Waals surface area contributed by atoms with Crippen LogP contribution in [-0.4, -0.2) is 49.2 Å². The van der Waals surface area contributed by atoms with E-state index in [4.69, 9.17) is 5.73 Å². The number of amides is 1. The molecule has 1 atom stereocenters. The van der Waals surface area contributed by atoms with E-state index in [9.17, 15) is 18.0 Å². The fraction of sp³-hybridized carbons (Fsp3) is 0.909. The Morgan fingerprint density at radius 3 is 2.28 bits per heavy atom. The van der Waals surface area contributed by atoms with Crippen molar-refractivity contribution in [2.24, 2.45) is 11.7 Å². The Morgan fingerprint density at radius 1 is 1.39 bits per heavy atom. The summed E-state index contributed by atoms with van der Waals surface area (Å²) in [5.74, 6) is -1.87. The standard InChI is InChI=1S/C11H22F3N3O/c1-4-17(7-10(18)16-8(2)3)6-9(5-15)11(12,13)14/h8-9H,4-7,15H2,1-3H3,(H,16,18). The van der Waals surface area contributed by atoms with Crippen molar-refractivity contribution in [2.45, 2.75) is 33.0 Å². The molecule has 0 aromatic rings. The van der Waals surface area contributed by atoms with E-state index in [-0.39, 0.29) is 25.0 Å². The summed E-state index contributed by atoms with van der Waals surface area (Å²) in [6, 6.07) is -0.0240. The molecule has 0 radical (unpaired) electrons. The number of alkyl halides is 3. The Hall–Kier alpha value is -0.820. The van der Waals surface area contributed by atoms with E-state index in [0.29, 0.717) is 6.54 Å². The van der Waals surface area contributed by atoms with Gasteiger partial charge in [-0.05, 0) is 20.4 Å². The molecule has 3 N–H and O–H groups in total. The lowest BCUT2D eigenvalue weighted by atomic mass is 10.1. The number of halogens is 3. The zero-order valence-corrected chi connectivity index (χ0v) is 11.0. The van der Waals surface area contributed by atoms with Gasteiger partial charge in [0.1, 0.15) is 0 Å². The van der Waals surface area contributed by atoms with Crippen molar-refractivity contribution >= 4 is 5.91 Å². The van der Waals surface area contributed by atoms with Crippen LogP contribution in [0.15, 0.2) is 0 Å². The molecule has 0 aliphatic rings. The number of likely N-dealkylation sites (N-methyl/N-ethyl adjacent to an activating group) is 1. The summed E-state index contributed by atoms with van der Waals surface area (Å²) in [6.07, 6.45) is -4.32. The van der Waals surface area contributed by atoms with Gasteiger partial charge in [-0.15, -0.1) is 0 Å². The smallest absolute Gasteiger partial charge is 0.353 e. The van der Waals surface area contributed by atoms with Gasteiger partial charge in [0.25, 0.3) is 0 Å². The lowest BCUT2D eigenvalue weighted by molar-refractivity contribution is -0.176.